The van der Waals surface area contributed by atoms with Gasteiger partial charge in [-0.3, -0.25) is 0 Å². The van der Waals surface area contributed by atoms with E-state index in [9.17, 15) is 0 Å². The molecular weight excluding hydrogens is 238 g/mol. The number of methoxy groups -OCH3 is 1. The summed E-state index contributed by atoms with van der Waals surface area (Å²) in [4.78, 5) is 0. The summed E-state index contributed by atoms with van der Waals surface area (Å²) in [5, 5.41) is 4.59. The van der Waals surface area contributed by atoms with Gasteiger partial charge in [0, 0.05) is 11.4 Å². The van der Waals surface area contributed by atoms with E-state index in [1.165, 1.54) is 0 Å². The second-order valence-electron chi connectivity index (χ2n) is 6.06. The van der Waals surface area contributed by atoms with Gasteiger partial charge in [-0.2, -0.15) is 0 Å². The molecule has 0 amide bonds. The molecule has 1 unspecified atom stereocenters. The van der Waals surface area contributed by atoms with Crippen LogP contribution in [0.5, 0.6) is 5.75 Å². The fourth-order valence-electron chi connectivity index (χ4n) is 1.90. The Morgan fingerprint density at radius 1 is 1.32 bits per heavy atom. The van der Waals surface area contributed by atoms with Crippen LogP contribution in [0, 0.1) is 5.41 Å². The van der Waals surface area contributed by atoms with Gasteiger partial charge < -0.3 is 14.5 Å². The Bertz CT molecular complexity index is 551. The summed E-state index contributed by atoms with van der Waals surface area (Å²) in [6.45, 7) is 9.62. The highest BCUT2D eigenvalue weighted by atomic mass is 16.5. The van der Waals surface area contributed by atoms with Gasteiger partial charge in [0.25, 0.3) is 0 Å². The van der Waals surface area contributed by atoms with Crippen molar-refractivity contribution in [2.24, 2.45) is 5.41 Å². The minimum absolute atomic E-state index is 0.240. The maximum Gasteiger partial charge on any atom is 0.176 e. The Kier molecular flexibility index (Phi) is 3.85. The predicted molar refractivity (Wildman–Crippen MR) is 78.5 cm³/mol. The number of furan rings is 1. The zero-order chi connectivity index (χ0) is 14.0. The first-order valence-electron chi connectivity index (χ1n) is 6.70. The Hall–Kier alpha value is -1.48. The van der Waals surface area contributed by atoms with E-state index >= 15 is 0 Å². The molecule has 1 heterocycles. The molecule has 0 spiro atoms. The second-order valence-corrected chi connectivity index (χ2v) is 6.06. The maximum atomic E-state index is 5.87. The monoisotopic (exact) mass is 261 g/mol. The Balaban J connectivity index is 2.14. The molecule has 0 bridgehead atoms. The van der Waals surface area contributed by atoms with Crippen LogP contribution in [0.3, 0.4) is 0 Å². The van der Waals surface area contributed by atoms with E-state index < -0.39 is 0 Å². The number of benzene rings is 1. The van der Waals surface area contributed by atoms with Crippen molar-refractivity contribution < 1.29 is 9.15 Å². The fraction of sp³-hybridized carbons (Fsp3) is 0.500. The molecule has 19 heavy (non-hydrogen) atoms. The highest BCUT2D eigenvalue weighted by Crippen LogP contribution is 2.28. The van der Waals surface area contributed by atoms with E-state index in [2.05, 4.69) is 39.1 Å². The quantitative estimate of drug-likeness (QED) is 0.904. The Morgan fingerprint density at radius 3 is 2.68 bits per heavy atom. The summed E-state index contributed by atoms with van der Waals surface area (Å²) < 4.78 is 11.2. The van der Waals surface area contributed by atoms with E-state index in [-0.39, 0.29) is 5.41 Å². The minimum Gasteiger partial charge on any atom is -0.493 e. The molecule has 1 aromatic heterocycles. The van der Waals surface area contributed by atoms with Crippen molar-refractivity contribution >= 4 is 11.0 Å². The molecule has 2 aromatic rings. The van der Waals surface area contributed by atoms with E-state index in [4.69, 9.17) is 9.15 Å². The smallest absolute Gasteiger partial charge is 0.176 e. The second kappa shape index (κ2) is 5.25. The largest absolute Gasteiger partial charge is 0.493 e. The van der Waals surface area contributed by atoms with Crippen molar-refractivity contribution in [2.75, 3.05) is 7.11 Å². The lowest BCUT2D eigenvalue weighted by atomic mass is 9.88. The summed E-state index contributed by atoms with van der Waals surface area (Å²) in [6, 6.07) is 8.42. The Morgan fingerprint density at radius 2 is 2.05 bits per heavy atom. The highest BCUT2D eigenvalue weighted by Gasteiger charge is 2.19. The van der Waals surface area contributed by atoms with E-state index in [0.717, 1.165) is 29.0 Å². The van der Waals surface area contributed by atoms with Crippen LogP contribution in [-0.2, 0) is 6.54 Å². The topological polar surface area (TPSA) is 34.4 Å². The summed E-state index contributed by atoms with van der Waals surface area (Å²) >= 11 is 0. The lowest BCUT2D eigenvalue weighted by molar-refractivity contribution is 0.279. The summed E-state index contributed by atoms with van der Waals surface area (Å²) in [5.74, 6) is 1.73. The molecule has 0 fully saturated rings. The standard InChI is InChI=1S/C16H23NO2/c1-11(16(2,3)4)17-10-13-9-12-7-6-8-14(18-5)15(12)19-13/h6-9,11,17H,10H2,1-5H3. The zero-order valence-corrected chi connectivity index (χ0v) is 12.4. The summed E-state index contributed by atoms with van der Waals surface area (Å²) in [5.41, 5.74) is 1.06. The van der Waals surface area contributed by atoms with Gasteiger partial charge in [0.05, 0.1) is 13.7 Å². The number of rotatable bonds is 4. The first-order valence-corrected chi connectivity index (χ1v) is 6.70. The van der Waals surface area contributed by atoms with E-state index in [1.807, 2.05) is 18.2 Å². The molecule has 1 aromatic carbocycles. The molecule has 1 atom stereocenters. The molecule has 0 aliphatic carbocycles. The van der Waals surface area contributed by atoms with E-state index in [0.29, 0.717) is 6.04 Å². The van der Waals surface area contributed by atoms with Crippen LogP contribution in [0.2, 0.25) is 0 Å². The highest BCUT2D eigenvalue weighted by molar-refractivity contribution is 5.83. The van der Waals surface area contributed by atoms with Gasteiger partial charge in [-0.05, 0) is 24.5 Å². The van der Waals surface area contributed by atoms with Crippen molar-refractivity contribution in [1.29, 1.82) is 0 Å². The van der Waals surface area contributed by atoms with Crippen LogP contribution in [0.25, 0.3) is 11.0 Å². The molecule has 104 valence electrons. The van der Waals surface area contributed by atoms with Gasteiger partial charge in [-0.1, -0.05) is 32.9 Å². The molecule has 2 rings (SSSR count). The van der Waals surface area contributed by atoms with Gasteiger partial charge in [-0.25, -0.2) is 0 Å². The van der Waals surface area contributed by atoms with Gasteiger partial charge >= 0.3 is 0 Å². The number of nitrogens with one attached hydrogen (secondary N) is 1. The normalized spacial score (nSPS) is 13.7. The van der Waals surface area contributed by atoms with Crippen LogP contribution in [-0.4, -0.2) is 13.2 Å². The number of para-hydroxylation sites is 1. The minimum atomic E-state index is 0.240. The summed E-state index contributed by atoms with van der Waals surface area (Å²) in [6.07, 6.45) is 0. The van der Waals surface area contributed by atoms with Crippen molar-refractivity contribution in [2.45, 2.75) is 40.3 Å². The van der Waals surface area contributed by atoms with E-state index in [1.54, 1.807) is 7.11 Å². The fourth-order valence-corrected chi connectivity index (χ4v) is 1.90. The average Bonchev–Trinajstić information content (AvgIpc) is 2.77. The van der Waals surface area contributed by atoms with Crippen molar-refractivity contribution in [3.63, 3.8) is 0 Å². The maximum absolute atomic E-state index is 5.87. The molecule has 0 radical (unpaired) electrons. The molecule has 1 N–H and O–H groups in total. The van der Waals surface area contributed by atoms with Crippen molar-refractivity contribution in [3.05, 3.63) is 30.0 Å². The predicted octanol–water partition coefficient (Wildman–Crippen LogP) is 3.97. The average molecular weight is 261 g/mol. The molecular formula is C16H23NO2. The SMILES string of the molecule is COc1cccc2cc(CNC(C)C(C)(C)C)oc12. The molecule has 0 saturated carbocycles. The lowest BCUT2D eigenvalue weighted by Gasteiger charge is -2.27. The van der Waals surface area contributed by atoms with Crippen LogP contribution in [0.15, 0.2) is 28.7 Å². The lowest BCUT2D eigenvalue weighted by Crippen LogP contribution is -2.37. The van der Waals surface area contributed by atoms with Crippen LogP contribution in [0.1, 0.15) is 33.5 Å². The third kappa shape index (κ3) is 3.10. The number of hydrogen-bond donors (Lipinski definition) is 1. The zero-order valence-electron chi connectivity index (χ0n) is 12.4. The third-order valence-electron chi connectivity index (χ3n) is 3.66. The van der Waals surface area contributed by atoms with Crippen LogP contribution < -0.4 is 10.1 Å². The van der Waals surface area contributed by atoms with Gasteiger partial charge in [0.2, 0.25) is 0 Å². The van der Waals surface area contributed by atoms with Crippen molar-refractivity contribution in [3.8, 4) is 5.75 Å². The molecule has 0 aliphatic rings. The molecule has 3 heteroatoms. The van der Waals surface area contributed by atoms with Gasteiger partial charge in [0.1, 0.15) is 5.76 Å². The summed E-state index contributed by atoms with van der Waals surface area (Å²) in [7, 11) is 1.66. The van der Waals surface area contributed by atoms with Crippen LogP contribution in [0.4, 0.5) is 0 Å². The number of hydrogen-bond acceptors (Lipinski definition) is 3. The molecule has 3 nitrogen and oxygen atoms in total. The third-order valence-corrected chi connectivity index (χ3v) is 3.66. The van der Waals surface area contributed by atoms with Gasteiger partial charge in [-0.15, -0.1) is 0 Å². The van der Waals surface area contributed by atoms with Gasteiger partial charge in [0.15, 0.2) is 11.3 Å². The van der Waals surface area contributed by atoms with Crippen molar-refractivity contribution in [1.82, 2.24) is 5.32 Å². The molecule has 0 saturated heterocycles. The molecule has 0 aliphatic heterocycles. The Labute approximate surface area is 114 Å². The van der Waals surface area contributed by atoms with Crippen LogP contribution >= 0.6 is 0 Å². The first-order chi connectivity index (χ1) is 8.91. The number of ether oxygens (including phenoxy) is 1. The number of fused-ring (bicyclic) bond motifs is 1. The first kappa shape index (κ1) is 13.9.